The van der Waals surface area contributed by atoms with Crippen LogP contribution in [0.15, 0.2) is 42.7 Å². The summed E-state index contributed by atoms with van der Waals surface area (Å²) >= 11 is 1.89. The molecule has 2 aliphatic carbocycles. The van der Waals surface area contributed by atoms with Gasteiger partial charge in [0.15, 0.2) is 0 Å². The lowest BCUT2D eigenvalue weighted by Crippen LogP contribution is -2.32. The summed E-state index contributed by atoms with van der Waals surface area (Å²) < 4.78 is 2.20. The van der Waals surface area contributed by atoms with Crippen molar-refractivity contribution in [2.45, 2.75) is 64.3 Å². The van der Waals surface area contributed by atoms with Crippen LogP contribution in [0.3, 0.4) is 0 Å². The molecule has 3 aromatic rings. The minimum Gasteiger partial charge on any atom is -0.331 e. The molecular weight excluding hydrogens is 390 g/mol. The van der Waals surface area contributed by atoms with E-state index in [1.807, 2.05) is 17.4 Å². The van der Waals surface area contributed by atoms with Crippen LogP contribution in [0.25, 0.3) is 5.00 Å². The predicted molar refractivity (Wildman–Crippen MR) is 124 cm³/mol. The summed E-state index contributed by atoms with van der Waals surface area (Å²) in [6.45, 7) is 2.12. The van der Waals surface area contributed by atoms with Crippen LogP contribution in [-0.4, -0.2) is 10.6 Å². The lowest BCUT2D eigenvalue weighted by Gasteiger charge is -2.22. The quantitative estimate of drug-likeness (QED) is 0.521. The molecule has 2 amide bonds. The molecule has 2 aliphatic rings. The summed E-state index contributed by atoms with van der Waals surface area (Å²) in [5.41, 5.74) is 6.41. The number of amides is 2. The van der Waals surface area contributed by atoms with E-state index in [0.717, 1.165) is 31.4 Å². The van der Waals surface area contributed by atoms with Gasteiger partial charge in [0.2, 0.25) is 0 Å². The summed E-state index contributed by atoms with van der Waals surface area (Å²) in [7, 11) is 0. The molecule has 5 rings (SSSR count). The maximum atomic E-state index is 12.9. The number of hydrogen-bond acceptors (Lipinski definition) is 2. The summed E-state index contributed by atoms with van der Waals surface area (Å²) in [4.78, 5) is 14.4. The second-order valence-corrected chi connectivity index (χ2v) is 9.57. The van der Waals surface area contributed by atoms with Crippen LogP contribution in [0.1, 0.15) is 65.8 Å². The number of benzene rings is 1. The van der Waals surface area contributed by atoms with Gasteiger partial charge in [0.05, 0.1) is 6.04 Å². The molecule has 0 aliphatic heterocycles. The Balaban J connectivity index is 1.39. The highest BCUT2D eigenvalue weighted by atomic mass is 32.1. The monoisotopic (exact) mass is 419 g/mol. The van der Waals surface area contributed by atoms with Crippen molar-refractivity contribution < 1.29 is 4.79 Å². The van der Waals surface area contributed by atoms with E-state index in [-0.39, 0.29) is 12.1 Å². The number of carbonyl (C=O) groups excluding carboxylic acids is 1. The first kappa shape index (κ1) is 19.4. The molecule has 2 aromatic heterocycles. The molecule has 156 valence electrons. The van der Waals surface area contributed by atoms with Crippen LogP contribution in [-0.2, 0) is 25.7 Å². The first-order chi connectivity index (χ1) is 14.7. The van der Waals surface area contributed by atoms with Crippen molar-refractivity contribution >= 4 is 23.1 Å². The van der Waals surface area contributed by atoms with Gasteiger partial charge in [0, 0.05) is 28.5 Å². The van der Waals surface area contributed by atoms with Crippen molar-refractivity contribution in [2.75, 3.05) is 5.32 Å². The smallest absolute Gasteiger partial charge is 0.319 e. The maximum absolute atomic E-state index is 12.9. The molecule has 2 heterocycles. The highest BCUT2D eigenvalue weighted by molar-refractivity contribution is 7.15. The van der Waals surface area contributed by atoms with Crippen LogP contribution in [0.2, 0.25) is 0 Å². The molecule has 0 spiro atoms. The van der Waals surface area contributed by atoms with E-state index in [1.54, 1.807) is 0 Å². The number of nitrogens with one attached hydrogen (secondary N) is 2. The van der Waals surface area contributed by atoms with Gasteiger partial charge in [-0.1, -0.05) is 12.1 Å². The van der Waals surface area contributed by atoms with Crippen molar-refractivity contribution in [3.8, 4) is 5.00 Å². The molecular formula is C25H29N3OS. The molecule has 30 heavy (non-hydrogen) atoms. The van der Waals surface area contributed by atoms with Crippen LogP contribution in [0.4, 0.5) is 10.5 Å². The summed E-state index contributed by atoms with van der Waals surface area (Å²) in [5.74, 6) is 0. The van der Waals surface area contributed by atoms with E-state index in [9.17, 15) is 4.79 Å². The predicted octanol–water partition coefficient (Wildman–Crippen LogP) is 6.18. The molecule has 0 saturated heterocycles. The maximum Gasteiger partial charge on any atom is 0.319 e. The van der Waals surface area contributed by atoms with Gasteiger partial charge >= 0.3 is 6.03 Å². The Morgan fingerprint density at radius 3 is 2.53 bits per heavy atom. The van der Waals surface area contributed by atoms with Crippen molar-refractivity contribution in [1.82, 2.24) is 9.88 Å². The number of anilines is 1. The minimum atomic E-state index is -0.115. The Kier molecular flexibility index (Phi) is 5.38. The topological polar surface area (TPSA) is 46.1 Å². The molecule has 1 aromatic carbocycles. The van der Waals surface area contributed by atoms with E-state index in [4.69, 9.17) is 0 Å². The zero-order valence-electron chi connectivity index (χ0n) is 17.5. The SMILES string of the molecule is CC(NC(=O)Nc1cccc2c1CCCC2)c1c(-n2cccc2)sc2c1CCCC2. The zero-order valence-corrected chi connectivity index (χ0v) is 18.4. The van der Waals surface area contributed by atoms with Gasteiger partial charge in [0.1, 0.15) is 5.00 Å². The fraction of sp³-hybridized carbons (Fsp3) is 0.400. The van der Waals surface area contributed by atoms with Gasteiger partial charge in [-0.3, -0.25) is 0 Å². The van der Waals surface area contributed by atoms with Gasteiger partial charge in [-0.05, 0) is 93.2 Å². The van der Waals surface area contributed by atoms with Gasteiger partial charge in [-0.25, -0.2) is 4.79 Å². The molecule has 0 fully saturated rings. The van der Waals surface area contributed by atoms with E-state index in [0.29, 0.717) is 0 Å². The van der Waals surface area contributed by atoms with Crippen LogP contribution < -0.4 is 10.6 Å². The minimum absolute atomic E-state index is 0.0416. The second kappa shape index (κ2) is 8.31. The number of fused-ring (bicyclic) bond motifs is 2. The van der Waals surface area contributed by atoms with Crippen molar-refractivity contribution in [2.24, 2.45) is 0 Å². The number of thiophene rings is 1. The Hall–Kier alpha value is -2.53. The highest BCUT2D eigenvalue weighted by Gasteiger charge is 2.26. The molecule has 4 nitrogen and oxygen atoms in total. The fourth-order valence-electron chi connectivity index (χ4n) is 5.01. The highest BCUT2D eigenvalue weighted by Crippen LogP contribution is 2.40. The zero-order chi connectivity index (χ0) is 20.5. The number of aryl methyl sites for hydroxylation is 2. The molecule has 2 N–H and O–H groups in total. The first-order valence-electron chi connectivity index (χ1n) is 11.2. The van der Waals surface area contributed by atoms with E-state index < -0.39 is 0 Å². The summed E-state index contributed by atoms with van der Waals surface area (Å²) in [5, 5.41) is 7.62. The standard InChI is InChI=1S/C25H29N3OS/c1-17(26-25(29)27-21-13-8-10-18-9-2-3-11-19(18)21)23-20-12-4-5-14-22(20)30-24(23)28-15-6-7-16-28/h6-8,10,13,15-17H,2-5,9,11-12,14H2,1H3,(H2,26,27,29). The molecule has 1 unspecified atom stereocenters. The van der Waals surface area contributed by atoms with E-state index in [2.05, 4.69) is 58.8 Å². The Morgan fingerprint density at radius 1 is 0.967 bits per heavy atom. The first-order valence-corrected chi connectivity index (χ1v) is 12.0. The molecule has 1 atom stereocenters. The summed E-state index contributed by atoms with van der Waals surface area (Å²) in [6, 6.07) is 10.3. The number of rotatable bonds is 4. The average molecular weight is 420 g/mol. The van der Waals surface area contributed by atoms with Crippen LogP contribution in [0, 0.1) is 0 Å². The van der Waals surface area contributed by atoms with Gasteiger partial charge in [-0.15, -0.1) is 11.3 Å². The van der Waals surface area contributed by atoms with E-state index >= 15 is 0 Å². The Bertz CT molecular complexity index is 1050. The number of hydrogen-bond donors (Lipinski definition) is 2. The second-order valence-electron chi connectivity index (χ2n) is 8.49. The Labute approximate surface area is 182 Å². The van der Waals surface area contributed by atoms with Gasteiger partial charge in [0.25, 0.3) is 0 Å². The molecule has 0 bridgehead atoms. The third-order valence-corrected chi connectivity index (χ3v) is 7.78. The van der Waals surface area contributed by atoms with Gasteiger partial charge < -0.3 is 15.2 Å². The average Bonchev–Trinajstić information content (AvgIpc) is 3.41. The van der Waals surface area contributed by atoms with E-state index in [1.165, 1.54) is 57.8 Å². The Morgan fingerprint density at radius 2 is 1.70 bits per heavy atom. The lowest BCUT2D eigenvalue weighted by atomic mass is 9.90. The van der Waals surface area contributed by atoms with Crippen LogP contribution >= 0.6 is 11.3 Å². The lowest BCUT2D eigenvalue weighted by molar-refractivity contribution is 0.249. The summed E-state index contributed by atoms with van der Waals surface area (Å²) in [6.07, 6.45) is 13.6. The third-order valence-electron chi connectivity index (χ3n) is 6.46. The van der Waals surface area contributed by atoms with Gasteiger partial charge in [-0.2, -0.15) is 0 Å². The number of nitrogens with zero attached hydrogens (tertiary/aromatic N) is 1. The normalized spacial score (nSPS) is 16.4. The number of carbonyl (C=O) groups is 1. The third kappa shape index (κ3) is 3.67. The number of urea groups is 1. The molecule has 0 saturated carbocycles. The van der Waals surface area contributed by atoms with Crippen LogP contribution in [0.5, 0.6) is 0 Å². The molecule has 0 radical (unpaired) electrons. The van der Waals surface area contributed by atoms with Crippen molar-refractivity contribution in [3.05, 3.63) is 69.9 Å². The van der Waals surface area contributed by atoms with Crippen molar-refractivity contribution in [3.63, 3.8) is 0 Å². The number of aromatic nitrogens is 1. The van der Waals surface area contributed by atoms with Crippen molar-refractivity contribution in [1.29, 1.82) is 0 Å². The fourth-order valence-corrected chi connectivity index (χ4v) is 6.46. The largest absolute Gasteiger partial charge is 0.331 e. The molecule has 5 heteroatoms.